The Morgan fingerprint density at radius 3 is 2.57 bits per heavy atom. The Morgan fingerprint density at radius 2 is 2.07 bits per heavy atom. The van der Waals surface area contributed by atoms with E-state index in [-0.39, 0.29) is 23.9 Å². The fourth-order valence-electron chi connectivity index (χ4n) is 2.71. The fraction of sp³-hybridized carbons (Fsp3) is 1.00. The number of aliphatic hydroxyl groups excluding tert-OH is 1. The van der Waals surface area contributed by atoms with Gasteiger partial charge in [-0.3, -0.25) is 0 Å². The van der Waals surface area contributed by atoms with E-state index in [2.05, 4.69) is 5.32 Å². The Bertz CT molecular complexity index is 181. The number of halogens is 1. The van der Waals surface area contributed by atoms with Crippen molar-refractivity contribution in [1.82, 2.24) is 5.32 Å². The molecule has 0 amide bonds. The van der Waals surface area contributed by atoms with Gasteiger partial charge in [-0.1, -0.05) is 0 Å². The molecule has 1 aliphatic heterocycles. The molecular formula is C10H20ClNO2. The van der Waals surface area contributed by atoms with Crippen LogP contribution in [0.5, 0.6) is 0 Å². The summed E-state index contributed by atoms with van der Waals surface area (Å²) in [5, 5.41) is 13.1. The van der Waals surface area contributed by atoms with Crippen LogP contribution in [0.25, 0.3) is 0 Å². The SMILES string of the molecule is CCOC1CC(O)C12CCNCC2.Cl. The second-order valence-corrected chi connectivity index (χ2v) is 4.18. The molecule has 1 aliphatic carbocycles. The summed E-state index contributed by atoms with van der Waals surface area (Å²) in [5.41, 5.74) is 0.0985. The van der Waals surface area contributed by atoms with Gasteiger partial charge in [-0.2, -0.15) is 0 Å². The van der Waals surface area contributed by atoms with Crippen LogP contribution in [-0.4, -0.2) is 37.0 Å². The highest BCUT2D eigenvalue weighted by Crippen LogP contribution is 2.49. The molecule has 84 valence electrons. The predicted molar refractivity (Wildman–Crippen MR) is 57.8 cm³/mol. The van der Waals surface area contributed by atoms with Crippen LogP contribution in [0.3, 0.4) is 0 Å². The molecular weight excluding hydrogens is 202 g/mol. The average molecular weight is 222 g/mol. The minimum Gasteiger partial charge on any atom is -0.392 e. The molecule has 2 aliphatic rings. The Balaban J connectivity index is 0.000000980. The van der Waals surface area contributed by atoms with Crippen molar-refractivity contribution in [3.05, 3.63) is 0 Å². The second-order valence-electron chi connectivity index (χ2n) is 4.18. The first-order chi connectivity index (χ1) is 6.29. The van der Waals surface area contributed by atoms with Crippen LogP contribution >= 0.6 is 12.4 Å². The van der Waals surface area contributed by atoms with Crippen LogP contribution in [0.1, 0.15) is 26.2 Å². The number of ether oxygens (including phenoxy) is 1. The summed E-state index contributed by atoms with van der Waals surface area (Å²) >= 11 is 0. The molecule has 0 aromatic heterocycles. The Morgan fingerprint density at radius 1 is 1.43 bits per heavy atom. The summed E-state index contributed by atoms with van der Waals surface area (Å²) in [6.07, 6.45) is 3.17. The maximum Gasteiger partial charge on any atom is 0.0681 e. The number of rotatable bonds is 2. The topological polar surface area (TPSA) is 41.5 Å². The van der Waals surface area contributed by atoms with Crippen molar-refractivity contribution in [2.24, 2.45) is 5.41 Å². The van der Waals surface area contributed by atoms with Crippen LogP contribution < -0.4 is 5.32 Å². The minimum absolute atomic E-state index is 0. The van der Waals surface area contributed by atoms with Gasteiger partial charge in [0.05, 0.1) is 12.2 Å². The lowest BCUT2D eigenvalue weighted by atomic mass is 9.58. The van der Waals surface area contributed by atoms with Crippen LogP contribution in [0.15, 0.2) is 0 Å². The lowest BCUT2D eigenvalue weighted by Crippen LogP contribution is -2.61. The largest absolute Gasteiger partial charge is 0.392 e. The molecule has 0 radical (unpaired) electrons. The van der Waals surface area contributed by atoms with Crippen molar-refractivity contribution >= 4 is 12.4 Å². The Hall–Kier alpha value is 0.170. The van der Waals surface area contributed by atoms with Gasteiger partial charge in [0.2, 0.25) is 0 Å². The molecule has 0 aromatic rings. The first kappa shape index (κ1) is 12.2. The Labute approximate surface area is 91.6 Å². The molecule has 4 heteroatoms. The van der Waals surface area contributed by atoms with Crippen molar-refractivity contribution in [3.8, 4) is 0 Å². The van der Waals surface area contributed by atoms with Gasteiger partial charge >= 0.3 is 0 Å². The predicted octanol–water partition coefficient (Wildman–Crippen LogP) is 0.948. The minimum atomic E-state index is -0.119. The zero-order chi connectivity index (χ0) is 9.31. The fourth-order valence-corrected chi connectivity index (χ4v) is 2.71. The summed E-state index contributed by atoms with van der Waals surface area (Å²) in [6, 6.07) is 0. The van der Waals surface area contributed by atoms with Crippen LogP contribution in [0.4, 0.5) is 0 Å². The van der Waals surface area contributed by atoms with Gasteiger partial charge in [-0.15, -0.1) is 12.4 Å². The highest BCUT2D eigenvalue weighted by atomic mass is 35.5. The van der Waals surface area contributed by atoms with Crippen molar-refractivity contribution in [2.45, 2.75) is 38.4 Å². The third kappa shape index (κ3) is 1.78. The number of hydrogen-bond acceptors (Lipinski definition) is 3. The van der Waals surface area contributed by atoms with Crippen LogP contribution in [-0.2, 0) is 4.74 Å². The normalized spacial score (nSPS) is 34.7. The van der Waals surface area contributed by atoms with Crippen molar-refractivity contribution in [3.63, 3.8) is 0 Å². The number of aliphatic hydroxyl groups is 1. The van der Waals surface area contributed by atoms with Crippen molar-refractivity contribution < 1.29 is 9.84 Å². The third-order valence-corrected chi connectivity index (χ3v) is 3.64. The molecule has 2 fully saturated rings. The van der Waals surface area contributed by atoms with Gasteiger partial charge in [0.1, 0.15) is 0 Å². The second kappa shape index (κ2) is 4.79. The van der Waals surface area contributed by atoms with Crippen molar-refractivity contribution in [2.75, 3.05) is 19.7 Å². The lowest BCUT2D eigenvalue weighted by Gasteiger charge is -2.55. The number of piperidine rings is 1. The van der Waals surface area contributed by atoms with Gasteiger partial charge in [-0.05, 0) is 32.9 Å². The summed E-state index contributed by atoms with van der Waals surface area (Å²) in [4.78, 5) is 0. The first-order valence-corrected chi connectivity index (χ1v) is 5.30. The van der Waals surface area contributed by atoms with Gasteiger partial charge in [0, 0.05) is 18.4 Å². The van der Waals surface area contributed by atoms with E-state index in [9.17, 15) is 5.11 Å². The standard InChI is InChI=1S/C10H19NO2.ClH/c1-2-13-9-7-8(12)10(9)3-5-11-6-4-10;/h8-9,11-12H,2-7H2,1H3;1H. The summed E-state index contributed by atoms with van der Waals surface area (Å²) in [5.74, 6) is 0. The van der Waals surface area contributed by atoms with Crippen molar-refractivity contribution in [1.29, 1.82) is 0 Å². The van der Waals surface area contributed by atoms with E-state index in [1.54, 1.807) is 0 Å². The molecule has 2 atom stereocenters. The molecule has 2 rings (SSSR count). The summed E-state index contributed by atoms with van der Waals surface area (Å²) in [7, 11) is 0. The van der Waals surface area contributed by atoms with E-state index >= 15 is 0 Å². The molecule has 1 heterocycles. The van der Waals surface area contributed by atoms with Gasteiger partial charge in [0.15, 0.2) is 0 Å². The van der Waals surface area contributed by atoms with E-state index in [4.69, 9.17) is 4.74 Å². The zero-order valence-electron chi connectivity index (χ0n) is 8.66. The molecule has 2 N–H and O–H groups in total. The third-order valence-electron chi connectivity index (χ3n) is 3.64. The van der Waals surface area contributed by atoms with E-state index < -0.39 is 0 Å². The molecule has 0 aromatic carbocycles. The Kier molecular flexibility index (Phi) is 4.19. The van der Waals surface area contributed by atoms with Gasteiger partial charge in [0.25, 0.3) is 0 Å². The van der Waals surface area contributed by atoms with Gasteiger partial charge in [-0.25, -0.2) is 0 Å². The van der Waals surface area contributed by atoms with E-state index in [1.807, 2.05) is 6.92 Å². The maximum absolute atomic E-state index is 9.81. The molecule has 3 nitrogen and oxygen atoms in total. The first-order valence-electron chi connectivity index (χ1n) is 5.30. The summed E-state index contributed by atoms with van der Waals surface area (Å²) in [6.45, 7) is 4.85. The van der Waals surface area contributed by atoms with E-state index in [0.29, 0.717) is 6.10 Å². The molecule has 1 saturated carbocycles. The average Bonchev–Trinajstić information content (AvgIpc) is 2.19. The number of nitrogens with one attached hydrogen (secondary N) is 1. The molecule has 14 heavy (non-hydrogen) atoms. The monoisotopic (exact) mass is 221 g/mol. The zero-order valence-corrected chi connectivity index (χ0v) is 9.48. The quantitative estimate of drug-likeness (QED) is 0.730. The molecule has 0 bridgehead atoms. The smallest absolute Gasteiger partial charge is 0.0681 e. The molecule has 2 unspecified atom stereocenters. The van der Waals surface area contributed by atoms with E-state index in [0.717, 1.165) is 39.0 Å². The number of hydrogen-bond donors (Lipinski definition) is 2. The molecule has 1 spiro atoms. The molecule has 1 saturated heterocycles. The highest BCUT2D eigenvalue weighted by Gasteiger charge is 2.55. The van der Waals surface area contributed by atoms with Crippen LogP contribution in [0.2, 0.25) is 0 Å². The van der Waals surface area contributed by atoms with Crippen LogP contribution in [0, 0.1) is 5.41 Å². The summed E-state index contributed by atoms with van der Waals surface area (Å²) < 4.78 is 5.65. The van der Waals surface area contributed by atoms with E-state index in [1.165, 1.54) is 0 Å². The lowest BCUT2D eigenvalue weighted by molar-refractivity contribution is -0.201. The highest BCUT2D eigenvalue weighted by molar-refractivity contribution is 5.85. The maximum atomic E-state index is 9.81. The van der Waals surface area contributed by atoms with Gasteiger partial charge < -0.3 is 15.2 Å².